The van der Waals surface area contributed by atoms with E-state index >= 15 is 0 Å². The summed E-state index contributed by atoms with van der Waals surface area (Å²) in [6.45, 7) is 8.85. The first-order valence-corrected chi connectivity index (χ1v) is 10.1. The van der Waals surface area contributed by atoms with Gasteiger partial charge in [0.1, 0.15) is 5.75 Å². The van der Waals surface area contributed by atoms with Crippen molar-refractivity contribution in [1.29, 1.82) is 0 Å². The van der Waals surface area contributed by atoms with Crippen molar-refractivity contribution in [3.8, 4) is 5.75 Å². The molecule has 0 saturated carbocycles. The van der Waals surface area contributed by atoms with Crippen molar-refractivity contribution in [2.75, 3.05) is 46.0 Å². The summed E-state index contributed by atoms with van der Waals surface area (Å²) in [5.74, 6) is 1.67. The number of ether oxygens (including phenoxy) is 2. The third kappa shape index (κ3) is 3.59. The summed E-state index contributed by atoms with van der Waals surface area (Å²) in [7, 11) is 0. The Morgan fingerprint density at radius 1 is 1.12 bits per heavy atom. The minimum absolute atomic E-state index is 0.397. The summed E-state index contributed by atoms with van der Waals surface area (Å²) in [6, 6.07) is 13.5. The number of nitrogens with one attached hydrogen (secondary N) is 1. The van der Waals surface area contributed by atoms with Gasteiger partial charge in [0, 0.05) is 51.0 Å². The lowest BCUT2D eigenvalue weighted by Crippen LogP contribution is -2.47. The summed E-state index contributed by atoms with van der Waals surface area (Å²) >= 11 is 0. The summed E-state index contributed by atoms with van der Waals surface area (Å²) in [5, 5.41) is 6.15. The molecule has 0 spiro atoms. The molecule has 2 aromatic carbocycles. The lowest BCUT2D eigenvalue weighted by molar-refractivity contribution is 0.0209. The normalized spacial score (nSPS) is 21.0. The average Bonchev–Trinajstić information content (AvgIpc) is 2.71. The van der Waals surface area contributed by atoms with Gasteiger partial charge in [-0.3, -0.25) is 4.90 Å². The average molecular weight is 354 g/mol. The number of hydrogen-bond donors (Lipinski definition) is 1. The highest BCUT2D eigenvalue weighted by Crippen LogP contribution is 2.43. The second-order valence-corrected chi connectivity index (χ2v) is 7.31. The van der Waals surface area contributed by atoms with Crippen molar-refractivity contribution in [3.63, 3.8) is 0 Å². The van der Waals surface area contributed by atoms with E-state index in [-0.39, 0.29) is 0 Å². The highest BCUT2D eigenvalue weighted by molar-refractivity contribution is 5.88. The van der Waals surface area contributed by atoms with Crippen LogP contribution in [0.4, 0.5) is 0 Å². The van der Waals surface area contributed by atoms with Crippen molar-refractivity contribution >= 4 is 10.8 Å². The summed E-state index contributed by atoms with van der Waals surface area (Å²) in [5.41, 5.74) is 1.39. The molecule has 4 nitrogen and oxygen atoms in total. The highest BCUT2D eigenvalue weighted by atomic mass is 16.5. The molecule has 4 rings (SSSR count). The number of fused-ring (bicyclic) bond motifs is 1. The van der Waals surface area contributed by atoms with Gasteiger partial charge in [-0.15, -0.1) is 0 Å². The van der Waals surface area contributed by atoms with Crippen molar-refractivity contribution in [1.82, 2.24) is 10.2 Å². The Labute approximate surface area is 156 Å². The van der Waals surface area contributed by atoms with Gasteiger partial charge < -0.3 is 14.8 Å². The van der Waals surface area contributed by atoms with Crippen LogP contribution in [-0.2, 0) is 4.74 Å². The first-order chi connectivity index (χ1) is 12.9. The third-order valence-corrected chi connectivity index (χ3v) is 5.78. The second-order valence-electron chi connectivity index (χ2n) is 7.31. The molecule has 0 radical (unpaired) electrons. The maximum Gasteiger partial charge on any atom is 0.124 e. The molecule has 2 aliphatic rings. The van der Waals surface area contributed by atoms with Gasteiger partial charge in [0.05, 0.1) is 6.61 Å². The first-order valence-electron chi connectivity index (χ1n) is 10.1. The molecule has 0 aromatic heterocycles. The minimum atomic E-state index is 0.397. The number of benzene rings is 2. The van der Waals surface area contributed by atoms with Crippen molar-refractivity contribution in [2.45, 2.75) is 25.8 Å². The van der Waals surface area contributed by atoms with Gasteiger partial charge in [0.15, 0.2) is 0 Å². The molecule has 0 unspecified atom stereocenters. The molecule has 2 saturated heterocycles. The molecule has 4 heteroatoms. The SMILES string of the molecule is CCOc1ccc2ccccc2c1[C@H](C1CCOCC1)N1CCNCC1. The third-order valence-electron chi connectivity index (χ3n) is 5.78. The predicted octanol–water partition coefficient (Wildman–Crippen LogP) is 3.61. The zero-order valence-electron chi connectivity index (χ0n) is 15.7. The van der Waals surface area contributed by atoms with Gasteiger partial charge in [-0.1, -0.05) is 30.3 Å². The van der Waals surface area contributed by atoms with Crippen molar-refractivity contribution in [2.24, 2.45) is 5.92 Å². The molecule has 0 amide bonds. The Kier molecular flexibility index (Phi) is 5.73. The van der Waals surface area contributed by atoms with Crippen LogP contribution in [0.2, 0.25) is 0 Å². The Hall–Kier alpha value is -1.62. The second kappa shape index (κ2) is 8.38. The number of piperazine rings is 1. The Balaban J connectivity index is 1.83. The molecule has 2 heterocycles. The molecular formula is C22H30N2O2. The van der Waals surface area contributed by atoms with Crippen molar-refractivity contribution in [3.05, 3.63) is 42.0 Å². The fraction of sp³-hybridized carbons (Fsp3) is 0.545. The smallest absolute Gasteiger partial charge is 0.124 e. The van der Waals surface area contributed by atoms with Gasteiger partial charge in [0.2, 0.25) is 0 Å². The van der Waals surface area contributed by atoms with Crippen LogP contribution in [0.5, 0.6) is 5.75 Å². The van der Waals surface area contributed by atoms with Crippen LogP contribution in [0.3, 0.4) is 0 Å². The van der Waals surface area contributed by atoms with Crippen LogP contribution in [-0.4, -0.2) is 50.9 Å². The largest absolute Gasteiger partial charge is 0.494 e. The molecule has 2 fully saturated rings. The Bertz CT molecular complexity index is 703. The summed E-state index contributed by atoms with van der Waals surface area (Å²) < 4.78 is 11.8. The summed E-state index contributed by atoms with van der Waals surface area (Å²) in [4.78, 5) is 2.68. The quantitative estimate of drug-likeness (QED) is 0.889. The topological polar surface area (TPSA) is 33.7 Å². The number of hydrogen-bond acceptors (Lipinski definition) is 4. The van der Waals surface area contributed by atoms with Crippen LogP contribution < -0.4 is 10.1 Å². The van der Waals surface area contributed by atoms with Gasteiger partial charge in [-0.25, -0.2) is 0 Å². The lowest BCUT2D eigenvalue weighted by atomic mass is 9.83. The van der Waals surface area contributed by atoms with Crippen LogP contribution in [0.25, 0.3) is 10.8 Å². The predicted molar refractivity (Wildman–Crippen MR) is 106 cm³/mol. The minimum Gasteiger partial charge on any atom is -0.494 e. The summed E-state index contributed by atoms with van der Waals surface area (Å²) in [6.07, 6.45) is 2.26. The van der Waals surface area contributed by atoms with E-state index in [1.165, 1.54) is 16.3 Å². The van der Waals surface area contributed by atoms with Crippen LogP contribution in [0.1, 0.15) is 31.4 Å². The van der Waals surface area contributed by atoms with Crippen LogP contribution in [0.15, 0.2) is 36.4 Å². The maximum atomic E-state index is 6.13. The highest BCUT2D eigenvalue weighted by Gasteiger charge is 2.34. The molecule has 0 aliphatic carbocycles. The Morgan fingerprint density at radius 3 is 2.65 bits per heavy atom. The van der Waals surface area contributed by atoms with E-state index in [1.54, 1.807) is 0 Å². The van der Waals surface area contributed by atoms with Crippen LogP contribution in [0, 0.1) is 5.92 Å². The van der Waals surface area contributed by atoms with Gasteiger partial charge in [0.25, 0.3) is 0 Å². The van der Waals surface area contributed by atoms with Gasteiger partial charge in [-0.2, -0.15) is 0 Å². The van der Waals surface area contributed by atoms with E-state index in [0.717, 1.165) is 58.0 Å². The van der Waals surface area contributed by atoms with E-state index in [9.17, 15) is 0 Å². The van der Waals surface area contributed by atoms with Gasteiger partial charge >= 0.3 is 0 Å². The molecule has 1 N–H and O–H groups in total. The zero-order chi connectivity index (χ0) is 17.8. The number of nitrogens with zero attached hydrogens (tertiary/aromatic N) is 1. The molecule has 2 aromatic rings. The molecule has 140 valence electrons. The molecule has 0 bridgehead atoms. The Morgan fingerprint density at radius 2 is 1.88 bits per heavy atom. The van der Waals surface area contributed by atoms with E-state index in [1.807, 2.05) is 0 Å². The molecule has 26 heavy (non-hydrogen) atoms. The number of rotatable bonds is 5. The van der Waals surface area contributed by atoms with Gasteiger partial charge in [-0.05, 0) is 42.5 Å². The first kappa shape index (κ1) is 17.8. The zero-order valence-corrected chi connectivity index (χ0v) is 15.7. The lowest BCUT2D eigenvalue weighted by Gasteiger charge is -2.42. The fourth-order valence-electron chi connectivity index (χ4n) is 4.57. The fourth-order valence-corrected chi connectivity index (χ4v) is 4.57. The van der Waals surface area contributed by atoms with Crippen molar-refractivity contribution < 1.29 is 9.47 Å². The monoisotopic (exact) mass is 354 g/mol. The van der Waals surface area contributed by atoms with E-state index in [0.29, 0.717) is 18.6 Å². The molecular weight excluding hydrogens is 324 g/mol. The molecule has 2 aliphatic heterocycles. The van der Waals surface area contributed by atoms with E-state index < -0.39 is 0 Å². The van der Waals surface area contributed by atoms with E-state index in [2.05, 4.69) is 53.5 Å². The molecule has 1 atom stereocenters. The van der Waals surface area contributed by atoms with Crippen LogP contribution >= 0.6 is 0 Å². The maximum absolute atomic E-state index is 6.13. The standard InChI is InChI=1S/C22H30N2O2/c1-2-26-20-8-7-17-5-3-4-6-19(17)21(20)22(18-9-15-25-16-10-18)24-13-11-23-12-14-24/h3-8,18,22-23H,2,9-16H2,1H3/t22-/m0/s1. The van der Waals surface area contributed by atoms with E-state index in [4.69, 9.17) is 9.47 Å².